The van der Waals surface area contributed by atoms with Crippen LogP contribution in [0, 0.1) is 0 Å². The van der Waals surface area contributed by atoms with Gasteiger partial charge in [-0.15, -0.1) is 24.0 Å². The minimum Gasteiger partial charge on any atom is -0.497 e. The van der Waals surface area contributed by atoms with Crippen molar-refractivity contribution in [2.45, 2.75) is 13.1 Å². The lowest BCUT2D eigenvalue weighted by molar-refractivity contribution is -0.120. The van der Waals surface area contributed by atoms with E-state index in [-0.39, 0.29) is 36.4 Å². The first-order valence-electron chi connectivity index (χ1n) is 8.49. The molecular formula is C19H27IN4O4. The monoisotopic (exact) mass is 502 g/mol. The fraction of sp³-hybridized carbons (Fsp3) is 0.368. The lowest BCUT2D eigenvalue weighted by atomic mass is 10.2. The summed E-state index contributed by atoms with van der Waals surface area (Å²) in [7, 11) is 6.79. The van der Waals surface area contributed by atoms with E-state index in [2.05, 4.69) is 15.6 Å². The van der Waals surface area contributed by atoms with Crippen LogP contribution in [0.3, 0.4) is 0 Å². The first kappa shape index (κ1) is 23.6. The first-order valence-corrected chi connectivity index (χ1v) is 8.49. The maximum absolute atomic E-state index is 12.0. The number of carbonyl (C=O) groups is 1. The Morgan fingerprint density at radius 2 is 2.00 bits per heavy atom. The van der Waals surface area contributed by atoms with Gasteiger partial charge in [0.25, 0.3) is 0 Å². The molecule has 0 fully saturated rings. The number of hydrogen-bond donors (Lipinski definition) is 2. The van der Waals surface area contributed by atoms with Crippen LogP contribution in [-0.4, -0.2) is 51.6 Å². The Bertz CT molecular complexity index is 765. The summed E-state index contributed by atoms with van der Waals surface area (Å²) in [6.07, 6.45) is 1.57. The van der Waals surface area contributed by atoms with Crippen LogP contribution in [0.2, 0.25) is 0 Å². The molecule has 1 aromatic carbocycles. The van der Waals surface area contributed by atoms with Crippen LogP contribution >= 0.6 is 24.0 Å². The number of nitrogens with zero attached hydrogens (tertiary/aromatic N) is 2. The molecule has 1 aromatic heterocycles. The Balaban J connectivity index is 0.00000392. The van der Waals surface area contributed by atoms with Crippen molar-refractivity contribution in [3.63, 3.8) is 0 Å². The highest BCUT2D eigenvalue weighted by atomic mass is 127. The molecule has 0 radical (unpaired) electrons. The van der Waals surface area contributed by atoms with Gasteiger partial charge in [-0.3, -0.25) is 9.79 Å². The zero-order valence-corrected chi connectivity index (χ0v) is 18.9. The van der Waals surface area contributed by atoms with Gasteiger partial charge in [-0.2, -0.15) is 0 Å². The van der Waals surface area contributed by atoms with E-state index in [4.69, 9.17) is 13.9 Å². The van der Waals surface area contributed by atoms with Gasteiger partial charge in [0.15, 0.2) is 5.96 Å². The second kappa shape index (κ2) is 12.1. The van der Waals surface area contributed by atoms with Crippen molar-refractivity contribution in [2.24, 2.45) is 4.99 Å². The summed E-state index contributed by atoms with van der Waals surface area (Å²) >= 11 is 0. The molecule has 0 aliphatic heterocycles. The number of carbonyl (C=O) groups excluding carboxylic acids is 1. The van der Waals surface area contributed by atoms with Crippen LogP contribution in [0.5, 0.6) is 11.5 Å². The molecular weight excluding hydrogens is 475 g/mol. The highest BCUT2D eigenvalue weighted by Gasteiger charge is 2.12. The van der Waals surface area contributed by atoms with Crippen LogP contribution in [0.25, 0.3) is 0 Å². The second-order valence-corrected chi connectivity index (χ2v) is 5.79. The minimum atomic E-state index is -0.150. The minimum absolute atomic E-state index is 0. The zero-order chi connectivity index (χ0) is 19.6. The number of nitrogens with one attached hydrogen (secondary N) is 2. The highest BCUT2D eigenvalue weighted by molar-refractivity contribution is 14.0. The molecule has 0 atom stereocenters. The molecule has 2 aromatic rings. The van der Waals surface area contributed by atoms with Gasteiger partial charge in [0, 0.05) is 32.3 Å². The molecule has 2 N–H and O–H groups in total. The van der Waals surface area contributed by atoms with E-state index in [1.54, 1.807) is 33.6 Å². The fourth-order valence-corrected chi connectivity index (χ4v) is 2.52. The molecule has 28 heavy (non-hydrogen) atoms. The molecule has 8 nitrogen and oxygen atoms in total. The number of guanidine groups is 1. The molecule has 9 heteroatoms. The largest absolute Gasteiger partial charge is 0.497 e. The number of methoxy groups -OCH3 is 2. The molecule has 0 aliphatic rings. The Morgan fingerprint density at radius 3 is 2.61 bits per heavy atom. The summed E-state index contributed by atoms with van der Waals surface area (Å²) in [5.74, 6) is 2.61. The average Bonchev–Trinajstić information content (AvgIpc) is 3.20. The maximum Gasteiger partial charge on any atom is 0.239 e. The summed E-state index contributed by atoms with van der Waals surface area (Å²) in [5.41, 5.74) is 0.978. The molecule has 2 rings (SSSR count). The van der Waals surface area contributed by atoms with Gasteiger partial charge < -0.3 is 29.4 Å². The summed E-state index contributed by atoms with van der Waals surface area (Å²) < 4.78 is 15.8. The second-order valence-electron chi connectivity index (χ2n) is 5.79. The number of rotatable bonds is 8. The summed E-state index contributed by atoms with van der Waals surface area (Å²) in [6.45, 7) is 1.02. The third-order valence-electron chi connectivity index (χ3n) is 3.92. The van der Waals surface area contributed by atoms with Crippen molar-refractivity contribution >= 4 is 35.8 Å². The van der Waals surface area contributed by atoms with Crippen LogP contribution in [-0.2, 0) is 17.9 Å². The van der Waals surface area contributed by atoms with Gasteiger partial charge in [0.2, 0.25) is 5.91 Å². The summed E-state index contributed by atoms with van der Waals surface area (Å²) in [5, 5.41) is 5.83. The summed E-state index contributed by atoms with van der Waals surface area (Å²) in [4.78, 5) is 18.1. The van der Waals surface area contributed by atoms with Gasteiger partial charge in [0.1, 0.15) is 17.3 Å². The molecule has 0 saturated heterocycles. The predicted molar refractivity (Wildman–Crippen MR) is 118 cm³/mol. The number of amides is 1. The average molecular weight is 502 g/mol. The molecule has 0 bridgehead atoms. The van der Waals surface area contributed by atoms with Gasteiger partial charge in [-0.1, -0.05) is 0 Å². The van der Waals surface area contributed by atoms with Crippen LogP contribution in [0.4, 0.5) is 0 Å². The Hall–Kier alpha value is -2.43. The third-order valence-corrected chi connectivity index (χ3v) is 3.92. The smallest absolute Gasteiger partial charge is 0.239 e. The molecule has 0 aliphatic carbocycles. The van der Waals surface area contributed by atoms with Crippen molar-refractivity contribution in [2.75, 3.05) is 34.9 Å². The number of ether oxygens (including phenoxy) is 2. The third kappa shape index (κ3) is 6.95. The Labute approximate surface area is 182 Å². The quantitative estimate of drug-likeness (QED) is 0.327. The fourth-order valence-electron chi connectivity index (χ4n) is 2.52. The van der Waals surface area contributed by atoms with Crippen molar-refractivity contribution in [1.82, 2.24) is 15.5 Å². The number of halogens is 1. The first-order chi connectivity index (χ1) is 13.1. The van der Waals surface area contributed by atoms with Crippen LogP contribution in [0.1, 0.15) is 11.3 Å². The summed E-state index contributed by atoms with van der Waals surface area (Å²) in [6, 6.07) is 9.25. The van der Waals surface area contributed by atoms with E-state index in [0.29, 0.717) is 24.8 Å². The van der Waals surface area contributed by atoms with E-state index in [0.717, 1.165) is 17.1 Å². The standard InChI is InChI=1S/C19H26N4O4.HI/c1-20-19(22-12-18(24)21-11-16-6-5-9-27-16)23(2)13-14-7-8-15(25-3)10-17(14)26-4;/h5-10H,11-13H2,1-4H3,(H,20,22)(H,21,24);1H. The molecule has 1 amide bonds. The van der Waals surface area contributed by atoms with Crippen molar-refractivity contribution in [3.05, 3.63) is 47.9 Å². The van der Waals surface area contributed by atoms with Crippen molar-refractivity contribution in [1.29, 1.82) is 0 Å². The topological polar surface area (TPSA) is 88.3 Å². The van der Waals surface area contributed by atoms with E-state index < -0.39 is 0 Å². The van der Waals surface area contributed by atoms with E-state index >= 15 is 0 Å². The van der Waals surface area contributed by atoms with Gasteiger partial charge >= 0.3 is 0 Å². The van der Waals surface area contributed by atoms with Gasteiger partial charge in [-0.05, 0) is 24.3 Å². The van der Waals surface area contributed by atoms with Crippen LogP contribution in [0.15, 0.2) is 46.0 Å². The molecule has 0 unspecified atom stereocenters. The van der Waals surface area contributed by atoms with Crippen molar-refractivity contribution in [3.8, 4) is 11.5 Å². The van der Waals surface area contributed by atoms with Crippen molar-refractivity contribution < 1.29 is 18.7 Å². The lowest BCUT2D eigenvalue weighted by Crippen LogP contribution is -2.43. The number of aliphatic imine (C=N–C) groups is 1. The van der Waals surface area contributed by atoms with Gasteiger partial charge in [-0.25, -0.2) is 0 Å². The lowest BCUT2D eigenvalue weighted by Gasteiger charge is -2.23. The maximum atomic E-state index is 12.0. The van der Waals surface area contributed by atoms with E-state index in [9.17, 15) is 4.79 Å². The molecule has 0 spiro atoms. The predicted octanol–water partition coefficient (Wildman–Crippen LogP) is 2.24. The number of furan rings is 1. The number of benzene rings is 1. The molecule has 0 saturated carbocycles. The van der Waals surface area contributed by atoms with Crippen LogP contribution < -0.4 is 20.1 Å². The normalized spacial score (nSPS) is 10.6. The molecule has 1 heterocycles. The SMILES string of the molecule is CN=C(NCC(=O)NCc1ccco1)N(C)Cc1ccc(OC)cc1OC.I. The number of hydrogen-bond acceptors (Lipinski definition) is 5. The van der Waals surface area contributed by atoms with E-state index in [1.165, 1.54) is 0 Å². The molecule has 154 valence electrons. The zero-order valence-electron chi connectivity index (χ0n) is 16.5. The van der Waals surface area contributed by atoms with E-state index in [1.807, 2.05) is 36.2 Å². The Morgan fingerprint density at radius 1 is 1.21 bits per heavy atom. The Kier molecular flexibility index (Phi) is 10.2. The van der Waals surface area contributed by atoms with Gasteiger partial charge in [0.05, 0.1) is 33.6 Å². The highest BCUT2D eigenvalue weighted by Crippen LogP contribution is 2.25.